The van der Waals surface area contributed by atoms with Crippen molar-refractivity contribution in [3.8, 4) is 0 Å². The Hall–Kier alpha value is -1.48. The lowest BCUT2D eigenvalue weighted by atomic mass is 10.3. The molecule has 3 rings (SSSR count). The zero-order chi connectivity index (χ0) is 18.7. The normalized spacial score (nSPS) is 11.0. The number of hydrogen-bond donors (Lipinski definition) is 0. The highest BCUT2D eigenvalue weighted by Crippen LogP contribution is 2.31. The van der Waals surface area contributed by atoms with Crippen LogP contribution in [0.5, 0.6) is 0 Å². The number of carbonyl (C=O) groups is 1. The second kappa shape index (κ2) is 9.64. The van der Waals surface area contributed by atoms with Gasteiger partial charge in [-0.25, -0.2) is 4.98 Å². The van der Waals surface area contributed by atoms with Gasteiger partial charge in [0.15, 0.2) is 5.13 Å². The molecule has 3 aromatic rings. The van der Waals surface area contributed by atoms with Crippen LogP contribution in [0.4, 0.5) is 5.13 Å². The third-order valence-corrected chi connectivity index (χ3v) is 5.92. The number of halogens is 2. The number of rotatable bonds is 7. The molecule has 0 N–H and O–H groups in total. The fraction of sp³-hybridized carbons (Fsp3) is 0.389. The summed E-state index contributed by atoms with van der Waals surface area (Å²) < 4.78 is 3.67. The second-order valence-corrected chi connectivity index (χ2v) is 7.86. The molecule has 0 saturated heterocycles. The predicted molar refractivity (Wildman–Crippen MR) is 117 cm³/mol. The van der Waals surface area contributed by atoms with Crippen LogP contribution < -0.4 is 4.90 Å². The van der Waals surface area contributed by atoms with Crippen LogP contribution in [0.1, 0.15) is 24.3 Å². The van der Waals surface area contributed by atoms with Gasteiger partial charge in [-0.05, 0) is 37.4 Å². The molecular formula is C18H23BrClN5OS. The standard InChI is InChI=1S/C18H22BrN5OS.ClH/c1-4-23(5-2)10-11-24(17(25)15-8-9-20-22(15)3)18-21-14-7-6-13(19)12-16(14)26-18;/h6-9,12H,4-5,10-11H2,1-3H3;1H. The summed E-state index contributed by atoms with van der Waals surface area (Å²) in [5.41, 5.74) is 1.46. The van der Waals surface area contributed by atoms with E-state index in [1.165, 1.54) is 11.3 Å². The van der Waals surface area contributed by atoms with Crippen LogP contribution in [0.15, 0.2) is 34.9 Å². The molecular weight excluding hydrogens is 450 g/mol. The number of fused-ring (bicyclic) bond motifs is 1. The SMILES string of the molecule is CCN(CC)CCN(C(=O)c1ccnn1C)c1nc2ccc(Br)cc2s1.Cl. The molecule has 1 aromatic carbocycles. The molecule has 0 unspecified atom stereocenters. The van der Waals surface area contributed by atoms with E-state index < -0.39 is 0 Å². The summed E-state index contributed by atoms with van der Waals surface area (Å²) in [6.07, 6.45) is 1.64. The number of benzene rings is 1. The Bertz CT molecular complexity index is 908. The van der Waals surface area contributed by atoms with Crippen LogP contribution in [-0.2, 0) is 7.05 Å². The van der Waals surface area contributed by atoms with E-state index in [1.54, 1.807) is 28.9 Å². The van der Waals surface area contributed by atoms with Crippen molar-refractivity contribution in [1.82, 2.24) is 19.7 Å². The first kappa shape index (κ1) is 21.8. The fourth-order valence-corrected chi connectivity index (χ4v) is 4.33. The van der Waals surface area contributed by atoms with Crippen molar-refractivity contribution in [2.45, 2.75) is 13.8 Å². The summed E-state index contributed by atoms with van der Waals surface area (Å²) in [7, 11) is 1.78. The van der Waals surface area contributed by atoms with Gasteiger partial charge in [0.2, 0.25) is 0 Å². The molecule has 0 aliphatic heterocycles. The van der Waals surface area contributed by atoms with Gasteiger partial charge in [0.05, 0.1) is 10.2 Å². The van der Waals surface area contributed by atoms with Crippen LogP contribution in [0.25, 0.3) is 10.2 Å². The van der Waals surface area contributed by atoms with Crippen LogP contribution in [0.2, 0.25) is 0 Å². The van der Waals surface area contributed by atoms with E-state index in [1.807, 2.05) is 18.2 Å². The molecule has 0 radical (unpaired) electrons. The summed E-state index contributed by atoms with van der Waals surface area (Å²) in [5, 5.41) is 4.85. The maximum absolute atomic E-state index is 13.2. The lowest BCUT2D eigenvalue weighted by molar-refractivity contribution is 0.0974. The summed E-state index contributed by atoms with van der Waals surface area (Å²) in [6.45, 7) is 7.56. The molecule has 0 fully saturated rings. The van der Waals surface area contributed by atoms with Crippen molar-refractivity contribution >= 4 is 60.9 Å². The van der Waals surface area contributed by atoms with E-state index in [0.29, 0.717) is 12.2 Å². The van der Waals surface area contributed by atoms with Crippen LogP contribution in [0.3, 0.4) is 0 Å². The smallest absolute Gasteiger partial charge is 0.278 e. The van der Waals surface area contributed by atoms with Crippen LogP contribution in [0, 0.1) is 0 Å². The van der Waals surface area contributed by atoms with Gasteiger partial charge in [0.1, 0.15) is 5.69 Å². The molecule has 2 aromatic heterocycles. The molecule has 9 heteroatoms. The lowest BCUT2D eigenvalue weighted by Crippen LogP contribution is -2.39. The van der Waals surface area contributed by atoms with Gasteiger partial charge < -0.3 is 4.90 Å². The number of thiazole rings is 1. The Balaban J connectivity index is 0.00000261. The van der Waals surface area contributed by atoms with Gasteiger partial charge >= 0.3 is 0 Å². The Labute approximate surface area is 177 Å². The quantitative estimate of drug-likeness (QED) is 0.517. The van der Waals surface area contributed by atoms with E-state index in [-0.39, 0.29) is 18.3 Å². The van der Waals surface area contributed by atoms with Gasteiger partial charge in [-0.2, -0.15) is 5.10 Å². The van der Waals surface area contributed by atoms with Gasteiger partial charge in [-0.15, -0.1) is 12.4 Å². The zero-order valence-corrected chi connectivity index (χ0v) is 18.8. The fourth-order valence-electron chi connectivity index (χ4n) is 2.79. The van der Waals surface area contributed by atoms with Crippen molar-refractivity contribution in [2.75, 3.05) is 31.1 Å². The van der Waals surface area contributed by atoms with Gasteiger partial charge in [-0.3, -0.25) is 14.4 Å². The summed E-state index contributed by atoms with van der Waals surface area (Å²) in [6, 6.07) is 7.72. The number of carbonyl (C=O) groups excluding carboxylic acids is 1. The predicted octanol–water partition coefficient (Wildman–Crippen LogP) is 4.20. The molecule has 146 valence electrons. The van der Waals surface area contributed by atoms with E-state index in [9.17, 15) is 4.79 Å². The van der Waals surface area contributed by atoms with E-state index in [4.69, 9.17) is 4.98 Å². The minimum absolute atomic E-state index is 0. The Kier molecular flexibility index (Phi) is 7.79. The van der Waals surface area contributed by atoms with Crippen molar-refractivity contribution in [2.24, 2.45) is 7.05 Å². The van der Waals surface area contributed by atoms with Crippen LogP contribution in [-0.4, -0.2) is 51.8 Å². The van der Waals surface area contributed by atoms with Crippen molar-refractivity contribution in [3.63, 3.8) is 0 Å². The molecule has 0 spiro atoms. The molecule has 27 heavy (non-hydrogen) atoms. The van der Waals surface area contributed by atoms with Crippen molar-refractivity contribution < 1.29 is 4.79 Å². The molecule has 0 aliphatic rings. The lowest BCUT2D eigenvalue weighted by Gasteiger charge is -2.24. The maximum atomic E-state index is 13.2. The first-order valence-corrected chi connectivity index (χ1v) is 10.2. The average Bonchev–Trinajstić information content (AvgIpc) is 3.23. The minimum Gasteiger partial charge on any atom is -0.302 e. The number of aromatic nitrogens is 3. The highest BCUT2D eigenvalue weighted by molar-refractivity contribution is 9.10. The zero-order valence-electron chi connectivity index (χ0n) is 15.6. The number of hydrogen-bond acceptors (Lipinski definition) is 5. The number of likely N-dealkylation sites (N-methyl/N-ethyl adjacent to an activating group) is 1. The Morgan fingerprint density at radius 3 is 2.59 bits per heavy atom. The minimum atomic E-state index is -0.0738. The largest absolute Gasteiger partial charge is 0.302 e. The third kappa shape index (κ3) is 4.87. The average molecular weight is 473 g/mol. The second-order valence-electron chi connectivity index (χ2n) is 5.93. The topological polar surface area (TPSA) is 54.3 Å². The maximum Gasteiger partial charge on any atom is 0.278 e. The number of amides is 1. The third-order valence-electron chi connectivity index (χ3n) is 4.39. The molecule has 0 bridgehead atoms. The molecule has 2 heterocycles. The molecule has 1 amide bonds. The molecule has 0 aliphatic carbocycles. The molecule has 6 nitrogen and oxygen atoms in total. The highest BCUT2D eigenvalue weighted by atomic mass is 79.9. The van der Waals surface area contributed by atoms with E-state index >= 15 is 0 Å². The first-order valence-electron chi connectivity index (χ1n) is 8.61. The van der Waals surface area contributed by atoms with Crippen LogP contribution >= 0.6 is 39.7 Å². The Morgan fingerprint density at radius 1 is 1.22 bits per heavy atom. The van der Waals surface area contributed by atoms with Gasteiger partial charge in [0.25, 0.3) is 5.91 Å². The van der Waals surface area contributed by atoms with E-state index in [2.05, 4.69) is 39.8 Å². The number of aryl methyl sites for hydroxylation is 1. The van der Waals surface area contributed by atoms with Crippen molar-refractivity contribution in [1.29, 1.82) is 0 Å². The highest BCUT2D eigenvalue weighted by Gasteiger charge is 2.24. The summed E-state index contributed by atoms with van der Waals surface area (Å²) >= 11 is 5.03. The van der Waals surface area contributed by atoms with Gasteiger partial charge in [0, 0.05) is 30.8 Å². The monoisotopic (exact) mass is 471 g/mol. The van der Waals surface area contributed by atoms with Gasteiger partial charge in [-0.1, -0.05) is 41.1 Å². The Morgan fingerprint density at radius 2 is 1.96 bits per heavy atom. The molecule has 0 saturated carbocycles. The summed E-state index contributed by atoms with van der Waals surface area (Å²) in [4.78, 5) is 21.9. The summed E-state index contributed by atoms with van der Waals surface area (Å²) in [5.74, 6) is -0.0738. The first-order chi connectivity index (χ1) is 12.5. The van der Waals surface area contributed by atoms with Crippen molar-refractivity contribution in [3.05, 3.63) is 40.6 Å². The number of nitrogens with zero attached hydrogens (tertiary/aromatic N) is 5. The van der Waals surface area contributed by atoms with E-state index in [0.717, 1.165) is 39.5 Å². The number of anilines is 1. The molecule has 0 atom stereocenters.